The van der Waals surface area contributed by atoms with E-state index in [0.717, 1.165) is 6.92 Å². The lowest BCUT2D eigenvalue weighted by atomic mass is 9.93. The van der Waals surface area contributed by atoms with Crippen LogP contribution in [0.3, 0.4) is 0 Å². The van der Waals surface area contributed by atoms with Gasteiger partial charge in [-0.25, -0.2) is 0 Å². The van der Waals surface area contributed by atoms with Crippen LogP contribution in [0.5, 0.6) is 0 Å². The average Bonchev–Trinajstić information content (AvgIpc) is 2.25. The van der Waals surface area contributed by atoms with Gasteiger partial charge in [0.25, 0.3) is 0 Å². The van der Waals surface area contributed by atoms with Gasteiger partial charge in [-0.1, -0.05) is 58.5 Å². The summed E-state index contributed by atoms with van der Waals surface area (Å²) in [7, 11) is 0. The van der Waals surface area contributed by atoms with Gasteiger partial charge in [0.2, 0.25) is 0 Å². The monoisotopic (exact) mass is 538 g/mol. The smallest absolute Gasteiger partial charge is 0.200 e. The Labute approximate surface area is 138 Å². The highest BCUT2D eigenvalue weighted by Gasteiger charge is 2.79. The summed E-state index contributed by atoms with van der Waals surface area (Å²) in [6, 6.07) is 0. The summed E-state index contributed by atoms with van der Waals surface area (Å²) in [5, 5.41) is 0. The van der Waals surface area contributed by atoms with Gasteiger partial charge in [0, 0.05) is 12.8 Å². The molecule has 0 fully saturated rings. The first-order valence-corrected chi connectivity index (χ1v) is 8.01. The second-order valence-corrected chi connectivity index (χ2v) is 9.63. The van der Waals surface area contributed by atoms with Crippen LogP contribution < -0.4 is 0 Å². The van der Waals surface area contributed by atoms with E-state index >= 15 is 0 Å². The zero-order valence-electron chi connectivity index (χ0n) is 10.2. The molecule has 0 amide bonds. The molecule has 0 saturated carbocycles. The first-order valence-electron chi connectivity index (χ1n) is 5.52. The minimum atomic E-state index is -6.11. The highest BCUT2D eigenvalue weighted by atomic mass is 127. The van der Waals surface area contributed by atoms with Gasteiger partial charge in [0.15, 0.2) is 0 Å². The van der Waals surface area contributed by atoms with Crippen molar-refractivity contribution in [3.8, 4) is 0 Å². The molecular formula is C10H12F8I2. The molecule has 0 aliphatic heterocycles. The summed E-state index contributed by atoms with van der Waals surface area (Å²) in [4.78, 5) is 0. The van der Waals surface area contributed by atoms with E-state index in [0.29, 0.717) is 0 Å². The van der Waals surface area contributed by atoms with Crippen LogP contribution in [0.15, 0.2) is 0 Å². The van der Waals surface area contributed by atoms with Gasteiger partial charge in [-0.05, 0) is 6.42 Å². The van der Waals surface area contributed by atoms with E-state index in [1.54, 1.807) is 45.2 Å². The molecule has 0 bridgehead atoms. The highest BCUT2D eigenvalue weighted by molar-refractivity contribution is 14.2. The van der Waals surface area contributed by atoms with Crippen LogP contribution in [0.1, 0.15) is 32.6 Å². The largest absolute Gasteiger partial charge is 0.378 e. The average molecular weight is 538 g/mol. The normalized spacial score (nSPS) is 15.0. The second kappa shape index (κ2) is 6.99. The molecule has 0 spiro atoms. The lowest BCUT2D eigenvalue weighted by Gasteiger charge is -2.37. The van der Waals surface area contributed by atoms with E-state index in [4.69, 9.17) is 0 Å². The van der Waals surface area contributed by atoms with Crippen molar-refractivity contribution in [3.63, 3.8) is 0 Å². The lowest BCUT2D eigenvalue weighted by Crippen LogP contribution is -2.62. The lowest BCUT2D eigenvalue weighted by molar-refractivity contribution is -0.367. The Morgan fingerprint density at radius 2 is 1.10 bits per heavy atom. The molecule has 0 aliphatic carbocycles. The topological polar surface area (TPSA) is 0 Å². The Balaban J connectivity index is 5.36. The summed E-state index contributed by atoms with van der Waals surface area (Å²) in [5.41, 5.74) is 0. The van der Waals surface area contributed by atoms with Crippen molar-refractivity contribution < 1.29 is 35.1 Å². The number of alkyl halides is 10. The van der Waals surface area contributed by atoms with Crippen LogP contribution in [-0.4, -0.2) is 25.6 Å². The molecule has 0 aromatic carbocycles. The summed E-state index contributed by atoms with van der Waals surface area (Å²) in [6.45, 7) is 1.07. The minimum Gasteiger partial charge on any atom is -0.200 e. The van der Waals surface area contributed by atoms with Crippen LogP contribution in [0.4, 0.5) is 35.1 Å². The maximum atomic E-state index is 13.3. The first kappa shape index (κ1) is 20.9. The van der Waals surface area contributed by atoms with E-state index in [9.17, 15) is 35.1 Å². The fraction of sp³-hybridized carbons (Fsp3) is 1.00. The summed E-state index contributed by atoms with van der Waals surface area (Å²) < 4.78 is 105. The minimum absolute atomic E-state index is 0.501. The molecule has 0 radical (unpaired) electrons. The zero-order valence-corrected chi connectivity index (χ0v) is 14.5. The number of rotatable bonds is 8. The Morgan fingerprint density at radius 1 is 0.750 bits per heavy atom. The molecule has 0 N–H and O–H groups in total. The van der Waals surface area contributed by atoms with Crippen LogP contribution in [0.25, 0.3) is 0 Å². The fourth-order valence-corrected chi connectivity index (χ4v) is 2.00. The molecule has 10 heteroatoms. The molecule has 0 atom stereocenters. The SMILES string of the molecule is CCCC(F)(F)C(F)(F)C(F)(F)C(F)(F)CCC(I)I. The maximum absolute atomic E-state index is 13.3. The van der Waals surface area contributed by atoms with Gasteiger partial charge in [0.05, 0.1) is 1.93 Å². The van der Waals surface area contributed by atoms with Crippen molar-refractivity contribution in [2.75, 3.05) is 0 Å². The van der Waals surface area contributed by atoms with Crippen LogP contribution >= 0.6 is 45.2 Å². The Kier molecular flexibility index (Phi) is 7.30. The van der Waals surface area contributed by atoms with E-state index in [2.05, 4.69) is 0 Å². The number of hydrogen-bond acceptors (Lipinski definition) is 0. The molecule has 0 unspecified atom stereocenters. The van der Waals surface area contributed by atoms with Gasteiger partial charge >= 0.3 is 23.7 Å². The Morgan fingerprint density at radius 3 is 1.40 bits per heavy atom. The molecule has 0 heterocycles. The molecule has 20 heavy (non-hydrogen) atoms. The van der Waals surface area contributed by atoms with Gasteiger partial charge in [-0.15, -0.1) is 0 Å². The predicted molar refractivity (Wildman–Crippen MR) is 75.8 cm³/mol. The Hall–Kier alpha value is 0.900. The van der Waals surface area contributed by atoms with Crippen molar-refractivity contribution in [1.82, 2.24) is 0 Å². The van der Waals surface area contributed by atoms with Gasteiger partial charge in [-0.2, -0.15) is 35.1 Å². The van der Waals surface area contributed by atoms with Crippen molar-refractivity contribution in [2.24, 2.45) is 0 Å². The summed E-state index contributed by atoms with van der Waals surface area (Å²) in [6.07, 6.45) is -4.21. The molecule has 0 rings (SSSR count). The third-order valence-corrected chi connectivity index (χ3v) is 3.80. The van der Waals surface area contributed by atoms with Gasteiger partial charge in [-0.3, -0.25) is 0 Å². The maximum Gasteiger partial charge on any atom is 0.378 e. The number of halogens is 10. The molecule has 0 aliphatic rings. The molecule has 122 valence electrons. The Bertz CT molecular complexity index is 316. The van der Waals surface area contributed by atoms with Crippen molar-refractivity contribution >= 4 is 45.2 Å². The molecule has 0 nitrogen and oxygen atoms in total. The fourth-order valence-electron chi connectivity index (χ4n) is 1.38. The van der Waals surface area contributed by atoms with E-state index in [-0.39, 0.29) is 0 Å². The summed E-state index contributed by atoms with van der Waals surface area (Å²) in [5.74, 6) is -22.6. The molecule has 0 saturated heterocycles. The van der Waals surface area contributed by atoms with Crippen molar-refractivity contribution in [3.05, 3.63) is 0 Å². The zero-order chi connectivity index (χ0) is 16.4. The molecular weight excluding hydrogens is 526 g/mol. The van der Waals surface area contributed by atoms with E-state index in [1.807, 2.05) is 0 Å². The highest BCUT2D eigenvalue weighted by Crippen LogP contribution is 2.55. The van der Waals surface area contributed by atoms with Crippen LogP contribution in [0, 0.1) is 0 Å². The van der Waals surface area contributed by atoms with Crippen LogP contribution in [-0.2, 0) is 0 Å². The predicted octanol–water partition coefficient (Wildman–Crippen LogP) is 6.30. The summed E-state index contributed by atoms with van der Waals surface area (Å²) >= 11 is 3.27. The standard InChI is InChI=1S/C10H12F8I2/c1-2-4-7(11,12)9(15,16)10(17,18)8(13,14)5-3-6(19)20/h6H,2-5H2,1H3. The molecule has 0 aromatic heterocycles. The molecule has 0 aromatic rings. The van der Waals surface area contributed by atoms with Crippen molar-refractivity contribution in [2.45, 2.75) is 58.2 Å². The van der Waals surface area contributed by atoms with Crippen LogP contribution in [0.2, 0.25) is 0 Å². The third-order valence-electron chi connectivity index (χ3n) is 2.55. The number of hydrogen-bond donors (Lipinski definition) is 0. The van der Waals surface area contributed by atoms with E-state index in [1.165, 1.54) is 0 Å². The van der Waals surface area contributed by atoms with Gasteiger partial charge < -0.3 is 0 Å². The first-order chi connectivity index (χ1) is 8.73. The van der Waals surface area contributed by atoms with Crippen molar-refractivity contribution in [1.29, 1.82) is 0 Å². The van der Waals surface area contributed by atoms with Gasteiger partial charge in [0.1, 0.15) is 0 Å². The third kappa shape index (κ3) is 4.22. The quantitative estimate of drug-likeness (QED) is 0.193. The van der Waals surface area contributed by atoms with E-state index < -0.39 is 51.3 Å². The second-order valence-electron chi connectivity index (χ2n) is 4.24.